The number of halogens is 1. The summed E-state index contributed by atoms with van der Waals surface area (Å²) in [7, 11) is 0. The minimum absolute atomic E-state index is 0.0642. The first-order valence-corrected chi connectivity index (χ1v) is 14.9. The van der Waals surface area contributed by atoms with Crippen LogP contribution in [0.2, 0.25) is 5.02 Å². The highest BCUT2D eigenvalue weighted by atomic mass is 35.5. The smallest absolute Gasteiger partial charge is 0.329 e. The lowest BCUT2D eigenvalue weighted by Gasteiger charge is -2.47. The molecule has 0 amide bonds. The Balaban J connectivity index is 1.28. The van der Waals surface area contributed by atoms with Crippen molar-refractivity contribution >= 4 is 23.3 Å². The first-order chi connectivity index (χ1) is 20.0. The van der Waals surface area contributed by atoms with Gasteiger partial charge in [-0.2, -0.15) is 0 Å². The largest absolute Gasteiger partial charge is 0.493 e. The van der Waals surface area contributed by atoms with Gasteiger partial charge in [-0.05, 0) is 96.9 Å². The number of anilines is 1. The Bertz CT molecular complexity index is 1480. The highest BCUT2D eigenvalue weighted by Crippen LogP contribution is 2.56. The number of aliphatic carboxylic acids is 1. The molecule has 2 N–H and O–H groups in total. The Morgan fingerprint density at radius 3 is 2.27 bits per heavy atom. The number of carbonyl (C=O) groups is 1. The lowest BCUT2D eigenvalue weighted by Crippen LogP contribution is -2.53. The zero-order valence-electron chi connectivity index (χ0n) is 23.1. The van der Waals surface area contributed by atoms with E-state index in [0.29, 0.717) is 30.4 Å². The molecule has 1 fully saturated rings. The SMILES string of the molecule is O=C(O)C1(Nc2cccc(Cl)c2)CCC2(CC1)c1ccccc1C[C@H]2C[C@H](COc1ccccc1)c1ccccc1. The van der Waals surface area contributed by atoms with Crippen LogP contribution in [-0.2, 0) is 16.6 Å². The summed E-state index contributed by atoms with van der Waals surface area (Å²) < 4.78 is 6.33. The van der Waals surface area contributed by atoms with Crippen molar-refractivity contribution in [2.24, 2.45) is 5.92 Å². The van der Waals surface area contributed by atoms with Crippen LogP contribution in [0.1, 0.15) is 54.7 Å². The van der Waals surface area contributed by atoms with Crippen LogP contribution in [0, 0.1) is 5.92 Å². The molecule has 0 heterocycles. The van der Waals surface area contributed by atoms with Gasteiger partial charge in [0.15, 0.2) is 0 Å². The molecule has 4 nitrogen and oxygen atoms in total. The maximum atomic E-state index is 12.8. The first-order valence-electron chi connectivity index (χ1n) is 14.6. The van der Waals surface area contributed by atoms with Crippen molar-refractivity contribution < 1.29 is 14.6 Å². The van der Waals surface area contributed by atoms with Gasteiger partial charge in [-0.25, -0.2) is 4.79 Å². The molecule has 0 aromatic heterocycles. The summed E-state index contributed by atoms with van der Waals surface area (Å²) >= 11 is 6.23. The number of ether oxygens (including phenoxy) is 1. The van der Waals surface area contributed by atoms with Gasteiger partial charge >= 0.3 is 5.97 Å². The van der Waals surface area contributed by atoms with Gasteiger partial charge in [-0.3, -0.25) is 0 Å². The molecule has 2 aliphatic rings. The highest BCUT2D eigenvalue weighted by Gasteiger charge is 2.54. The summed E-state index contributed by atoms with van der Waals surface area (Å²) in [6, 6.07) is 36.9. The van der Waals surface area contributed by atoms with Gasteiger partial charge in [0, 0.05) is 16.6 Å². The van der Waals surface area contributed by atoms with Crippen LogP contribution in [-0.4, -0.2) is 23.2 Å². The second kappa shape index (κ2) is 11.6. The second-order valence-corrected chi connectivity index (χ2v) is 12.1. The van der Waals surface area contributed by atoms with E-state index in [-0.39, 0.29) is 11.3 Å². The van der Waals surface area contributed by atoms with Crippen molar-refractivity contribution in [3.05, 3.63) is 131 Å². The first kappa shape index (κ1) is 27.4. The van der Waals surface area contributed by atoms with Crippen molar-refractivity contribution in [3.63, 3.8) is 0 Å². The van der Waals surface area contributed by atoms with Gasteiger partial charge in [0.2, 0.25) is 0 Å². The number of carboxylic acid groups (broad SMARTS) is 1. The Morgan fingerprint density at radius 1 is 0.878 bits per heavy atom. The average Bonchev–Trinajstić information content (AvgIpc) is 3.30. The third-order valence-corrected chi connectivity index (χ3v) is 9.68. The molecule has 0 aliphatic heterocycles. The van der Waals surface area contributed by atoms with Gasteiger partial charge in [0.05, 0.1) is 6.61 Å². The molecule has 2 aliphatic carbocycles. The normalized spacial score (nSPS) is 24.0. The molecule has 0 unspecified atom stereocenters. The maximum Gasteiger partial charge on any atom is 0.329 e. The number of carboxylic acids is 1. The van der Waals surface area contributed by atoms with Crippen LogP contribution < -0.4 is 10.1 Å². The summed E-state index contributed by atoms with van der Waals surface area (Å²) in [5.41, 5.74) is 3.76. The second-order valence-electron chi connectivity index (χ2n) is 11.7. The van der Waals surface area contributed by atoms with Gasteiger partial charge in [-0.15, -0.1) is 0 Å². The molecule has 0 saturated heterocycles. The molecular weight excluding hydrogens is 530 g/mol. The van der Waals surface area contributed by atoms with E-state index in [1.807, 2.05) is 48.5 Å². The zero-order chi connectivity index (χ0) is 28.3. The molecule has 210 valence electrons. The maximum absolute atomic E-state index is 12.8. The lowest BCUT2D eigenvalue weighted by atomic mass is 9.59. The van der Waals surface area contributed by atoms with Crippen LogP contribution in [0.4, 0.5) is 5.69 Å². The minimum Gasteiger partial charge on any atom is -0.493 e. The van der Waals surface area contributed by atoms with Gasteiger partial charge in [-0.1, -0.05) is 90.5 Å². The molecular formula is C36H36ClNO3. The predicted molar refractivity (Wildman–Crippen MR) is 165 cm³/mol. The van der Waals surface area contributed by atoms with E-state index >= 15 is 0 Å². The highest BCUT2D eigenvalue weighted by molar-refractivity contribution is 6.30. The molecule has 5 heteroatoms. The van der Waals surface area contributed by atoms with Crippen LogP contribution >= 0.6 is 11.6 Å². The summed E-state index contributed by atoms with van der Waals surface area (Å²) in [5.74, 6) is 0.702. The third-order valence-electron chi connectivity index (χ3n) is 9.45. The number of nitrogens with one attached hydrogen (secondary N) is 1. The van der Waals surface area contributed by atoms with Gasteiger partial charge < -0.3 is 15.2 Å². The van der Waals surface area contributed by atoms with Crippen LogP contribution in [0.5, 0.6) is 5.75 Å². The molecule has 0 radical (unpaired) electrons. The Labute approximate surface area is 247 Å². The predicted octanol–water partition coefficient (Wildman–Crippen LogP) is 8.51. The zero-order valence-corrected chi connectivity index (χ0v) is 23.9. The van der Waals surface area contributed by atoms with Gasteiger partial charge in [0.25, 0.3) is 0 Å². The fraction of sp³-hybridized carbons (Fsp3) is 0.306. The number of rotatable bonds is 9. The van der Waals surface area contributed by atoms with Crippen molar-refractivity contribution in [3.8, 4) is 5.75 Å². The number of para-hydroxylation sites is 1. The topological polar surface area (TPSA) is 58.6 Å². The lowest BCUT2D eigenvalue weighted by molar-refractivity contribution is -0.144. The Morgan fingerprint density at radius 2 is 1.56 bits per heavy atom. The quantitative estimate of drug-likeness (QED) is 0.213. The fourth-order valence-corrected chi connectivity index (χ4v) is 7.48. The van der Waals surface area contributed by atoms with Crippen molar-refractivity contribution in [1.29, 1.82) is 0 Å². The molecule has 4 aromatic rings. The summed E-state index contributed by atoms with van der Waals surface area (Å²) in [6.07, 6.45) is 4.72. The Hall–Kier alpha value is -3.76. The van der Waals surface area contributed by atoms with Crippen molar-refractivity contribution in [2.45, 2.75) is 55.4 Å². The molecule has 41 heavy (non-hydrogen) atoms. The van der Waals surface area contributed by atoms with Crippen LogP contribution in [0.15, 0.2) is 109 Å². The van der Waals surface area contributed by atoms with E-state index in [0.717, 1.165) is 37.1 Å². The van der Waals surface area contributed by atoms with E-state index in [1.54, 1.807) is 6.07 Å². The minimum atomic E-state index is -1.02. The molecule has 1 saturated carbocycles. The van der Waals surface area contributed by atoms with Crippen molar-refractivity contribution in [2.75, 3.05) is 11.9 Å². The van der Waals surface area contributed by atoms with Crippen LogP contribution in [0.3, 0.4) is 0 Å². The molecule has 0 bridgehead atoms. The van der Waals surface area contributed by atoms with E-state index in [4.69, 9.17) is 16.3 Å². The van der Waals surface area contributed by atoms with E-state index in [9.17, 15) is 9.90 Å². The molecule has 1 spiro atoms. The summed E-state index contributed by atoms with van der Waals surface area (Å²) in [6.45, 7) is 0.604. The monoisotopic (exact) mass is 565 g/mol. The van der Waals surface area contributed by atoms with E-state index < -0.39 is 11.5 Å². The van der Waals surface area contributed by atoms with E-state index in [1.165, 1.54) is 16.7 Å². The van der Waals surface area contributed by atoms with Crippen molar-refractivity contribution in [1.82, 2.24) is 0 Å². The standard InChI is InChI=1S/C36H36ClNO3/c37-30-13-9-14-31(24-30)38-36(34(39)40)20-18-35(19-21-36)29(22-27-12-7-8-17-33(27)35)23-28(26-10-3-1-4-11-26)25-41-32-15-5-2-6-16-32/h1-17,24,28-29,38H,18-23,25H2,(H,39,40)/t28-,29+,35?,36?/m1/s1. The number of hydrogen-bond acceptors (Lipinski definition) is 3. The Kier molecular flexibility index (Phi) is 7.77. The fourth-order valence-electron chi connectivity index (χ4n) is 7.29. The number of fused-ring (bicyclic) bond motifs is 2. The molecule has 6 rings (SSSR count). The number of benzene rings is 4. The average molecular weight is 566 g/mol. The van der Waals surface area contributed by atoms with Crippen LogP contribution in [0.25, 0.3) is 0 Å². The summed E-state index contributed by atoms with van der Waals surface area (Å²) in [4.78, 5) is 12.8. The molecule has 4 aromatic carbocycles. The van der Waals surface area contributed by atoms with Gasteiger partial charge in [0.1, 0.15) is 11.3 Å². The summed E-state index contributed by atoms with van der Waals surface area (Å²) in [5, 5.41) is 14.4. The molecule has 2 atom stereocenters. The van der Waals surface area contributed by atoms with E-state index in [2.05, 4.69) is 59.9 Å². The number of hydrogen-bond donors (Lipinski definition) is 2. The third kappa shape index (κ3) is 5.58.